The zero-order valence-corrected chi connectivity index (χ0v) is 13.2. The molecule has 20 heavy (non-hydrogen) atoms. The van der Waals surface area contributed by atoms with Crippen molar-refractivity contribution in [3.8, 4) is 11.5 Å². The van der Waals surface area contributed by atoms with E-state index in [0.29, 0.717) is 34.6 Å². The maximum atomic E-state index is 12.0. The number of amides is 2. The van der Waals surface area contributed by atoms with Crippen LogP contribution in [-0.4, -0.2) is 39.1 Å². The Bertz CT molecular complexity index is 480. The first-order chi connectivity index (χ1) is 9.49. The SMILES string of the molecule is COc1cc(C(=O)NCCNC(C)=O)cc(OC)c1Br. The van der Waals surface area contributed by atoms with Crippen LogP contribution in [0.25, 0.3) is 0 Å². The lowest BCUT2D eigenvalue weighted by molar-refractivity contribution is -0.118. The highest BCUT2D eigenvalue weighted by Crippen LogP contribution is 2.35. The molecule has 1 aromatic rings. The molecule has 6 nitrogen and oxygen atoms in total. The minimum absolute atomic E-state index is 0.133. The van der Waals surface area contributed by atoms with Gasteiger partial charge < -0.3 is 20.1 Å². The summed E-state index contributed by atoms with van der Waals surface area (Å²) in [6.07, 6.45) is 0. The third-order valence-corrected chi connectivity index (χ3v) is 3.27. The van der Waals surface area contributed by atoms with E-state index in [9.17, 15) is 9.59 Å². The zero-order valence-electron chi connectivity index (χ0n) is 11.6. The van der Waals surface area contributed by atoms with Crippen LogP contribution in [0.15, 0.2) is 16.6 Å². The van der Waals surface area contributed by atoms with E-state index in [-0.39, 0.29) is 11.8 Å². The number of ether oxygens (including phenoxy) is 2. The molecule has 0 aromatic heterocycles. The molecule has 0 aliphatic carbocycles. The first-order valence-corrected chi connectivity index (χ1v) is 6.73. The highest BCUT2D eigenvalue weighted by atomic mass is 79.9. The van der Waals surface area contributed by atoms with Crippen LogP contribution in [0.2, 0.25) is 0 Å². The minimum atomic E-state index is -0.264. The van der Waals surface area contributed by atoms with Crippen molar-refractivity contribution in [2.24, 2.45) is 0 Å². The molecule has 0 saturated heterocycles. The molecule has 0 saturated carbocycles. The Labute approximate surface area is 126 Å². The molecule has 0 bridgehead atoms. The molecular weight excluding hydrogens is 328 g/mol. The van der Waals surface area contributed by atoms with Crippen LogP contribution in [0.5, 0.6) is 11.5 Å². The van der Waals surface area contributed by atoms with Crippen molar-refractivity contribution in [2.75, 3.05) is 27.3 Å². The predicted molar refractivity (Wildman–Crippen MR) is 78.3 cm³/mol. The lowest BCUT2D eigenvalue weighted by Crippen LogP contribution is -2.33. The monoisotopic (exact) mass is 344 g/mol. The summed E-state index contributed by atoms with van der Waals surface area (Å²) in [5.41, 5.74) is 0.421. The topological polar surface area (TPSA) is 76.7 Å². The van der Waals surface area contributed by atoms with Crippen LogP contribution in [0, 0.1) is 0 Å². The quantitative estimate of drug-likeness (QED) is 0.763. The second-order valence-electron chi connectivity index (χ2n) is 3.93. The van der Waals surface area contributed by atoms with Crippen LogP contribution < -0.4 is 20.1 Å². The van der Waals surface area contributed by atoms with Crippen molar-refractivity contribution in [2.45, 2.75) is 6.92 Å². The van der Waals surface area contributed by atoms with Crippen molar-refractivity contribution in [3.05, 3.63) is 22.2 Å². The highest BCUT2D eigenvalue weighted by molar-refractivity contribution is 9.10. The summed E-state index contributed by atoms with van der Waals surface area (Å²) in [6, 6.07) is 3.22. The molecular formula is C13H17BrN2O4. The fourth-order valence-electron chi connectivity index (χ4n) is 1.52. The van der Waals surface area contributed by atoms with Crippen LogP contribution in [0.1, 0.15) is 17.3 Å². The lowest BCUT2D eigenvalue weighted by Gasteiger charge is -2.11. The van der Waals surface area contributed by atoms with Gasteiger partial charge in [-0.15, -0.1) is 0 Å². The predicted octanol–water partition coefficient (Wildman–Crippen LogP) is 1.33. The van der Waals surface area contributed by atoms with Gasteiger partial charge in [-0.25, -0.2) is 0 Å². The van der Waals surface area contributed by atoms with Gasteiger partial charge in [0, 0.05) is 25.6 Å². The second kappa shape index (κ2) is 7.74. The van der Waals surface area contributed by atoms with Crippen LogP contribution in [-0.2, 0) is 4.79 Å². The number of carbonyl (C=O) groups excluding carboxylic acids is 2. The molecule has 0 aliphatic heterocycles. The van der Waals surface area contributed by atoms with E-state index in [0.717, 1.165) is 0 Å². The number of benzene rings is 1. The number of nitrogens with one attached hydrogen (secondary N) is 2. The molecule has 1 aromatic carbocycles. The first-order valence-electron chi connectivity index (χ1n) is 5.93. The van der Waals surface area contributed by atoms with Gasteiger partial charge in [0.25, 0.3) is 5.91 Å². The summed E-state index contributed by atoms with van der Waals surface area (Å²) in [5, 5.41) is 5.29. The maximum Gasteiger partial charge on any atom is 0.251 e. The lowest BCUT2D eigenvalue weighted by atomic mass is 10.2. The van der Waals surface area contributed by atoms with E-state index in [1.165, 1.54) is 21.1 Å². The molecule has 0 fully saturated rings. The molecule has 0 spiro atoms. The molecule has 0 radical (unpaired) electrons. The van der Waals surface area contributed by atoms with E-state index >= 15 is 0 Å². The average molecular weight is 345 g/mol. The van der Waals surface area contributed by atoms with Gasteiger partial charge in [-0.05, 0) is 28.1 Å². The van der Waals surface area contributed by atoms with Gasteiger partial charge in [0.15, 0.2) is 0 Å². The summed E-state index contributed by atoms with van der Waals surface area (Å²) in [4.78, 5) is 22.7. The van der Waals surface area contributed by atoms with Gasteiger partial charge in [-0.1, -0.05) is 0 Å². The van der Waals surface area contributed by atoms with E-state index in [2.05, 4.69) is 26.6 Å². The number of halogens is 1. The summed E-state index contributed by atoms with van der Waals surface area (Å²) in [6.45, 7) is 2.15. The first kappa shape index (κ1) is 16.3. The fourth-order valence-corrected chi connectivity index (χ4v) is 2.07. The molecule has 0 atom stereocenters. The highest BCUT2D eigenvalue weighted by Gasteiger charge is 2.14. The second-order valence-corrected chi connectivity index (χ2v) is 4.73. The van der Waals surface area contributed by atoms with Crippen molar-refractivity contribution < 1.29 is 19.1 Å². The molecule has 7 heteroatoms. The van der Waals surface area contributed by atoms with Gasteiger partial charge in [0.2, 0.25) is 5.91 Å². The fraction of sp³-hybridized carbons (Fsp3) is 0.385. The largest absolute Gasteiger partial charge is 0.495 e. The van der Waals surface area contributed by atoms with Gasteiger partial charge >= 0.3 is 0 Å². The number of methoxy groups -OCH3 is 2. The van der Waals surface area contributed by atoms with Crippen molar-refractivity contribution in [3.63, 3.8) is 0 Å². The Balaban J connectivity index is 2.75. The van der Waals surface area contributed by atoms with E-state index in [1.54, 1.807) is 12.1 Å². The van der Waals surface area contributed by atoms with E-state index in [4.69, 9.17) is 9.47 Å². The van der Waals surface area contributed by atoms with Gasteiger partial charge in [-0.3, -0.25) is 9.59 Å². The molecule has 0 aliphatic rings. The summed E-state index contributed by atoms with van der Waals surface area (Å²) < 4.78 is 11.0. The Morgan fingerprint density at radius 2 is 1.60 bits per heavy atom. The molecule has 2 amide bonds. The van der Waals surface area contributed by atoms with Gasteiger partial charge in [0.1, 0.15) is 16.0 Å². The van der Waals surface area contributed by atoms with E-state index < -0.39 is 0 Å². The van der Waals surface area contributed by atoms with Crippen LogP contribution >= 0.6 is 15.9 Å². The number of hydrogen-bond donors (Lipinski definition) is 2. The van der Waals surface area contributed by atoms with E-state index in [1.807, 2.05) is 0 Å². The average Bonchev–Trinajstić information content (AvgIpc) is 2.43. The van der Waals surface area contributed by atoms with Crippen molar-refractivity contribution in [1.82, 2.24) is 10.6 Å². The van der Waals surface area contributed by atoms with Crippen molar-refractivity contribution in [1.29, 1.82) is 0 Å². The normalized spacial score (nSPS) is 9.80. The third-order valence-electron chi connectivity index (χ3n) is 2.49. The number of hydrogen-bond acceptors (Lipinski definition) is 4. The molecule has 1 rings (SSSR count). The summed E-state index contributed by atoms with van der Waals surface area (Å²) in [5.74, 6) is 0.624. The molecule has 2 N–H and O–H groups in total. The van der Waals surface area contributed by atoms with Crippen LogP contribution in [0.3, 0.4) is 0 Å². The maximum absolute atomic E-state index is 12.0. The summed E-state index contributed by atoms with van der Waals surface area (Å²) >= 11 is 3.34. The summed E-state index contributed by atoms with van der Waals surface area (Å²) in [7, 11) is 3.02. The third kappa shape index (κ3) is 4.41. The minimum Gasteiger partial charge on any atom is -0.495 e. The Hall–Kier alpha value is -1.76. The Morgan fingerprint density at radius 3 is 2.05 bits per heavy atom. The zero-order chi connectivity index (χ0) is 15.1. The molecule has 0 heterocycles. The number of rotatable bonds is 6. The number of carbonyl (C=O) groups is 2. The Kier molecular flexibility index (Phi) is 6.30. The molecule has 110 valence electrons. The smallest absolute Gasteiger partial charge is 0.251 e. The van der Waals surface area contributed by atoms with Crippen molar-refractivity contribution >= 4 is 27.7 Å². The van der Waals surface area contributed by atoms with Gasteiger partial charge in [-0.2, -0.15) is 0 Å². The van der Waals surface area contributed by atoms with Gasteiger partial charge in [0.05, 0.1) is 14.2 Å². The standard InChI is InChI=1S/C13H17BrN2O4/c1-8(17)15-4-5-16-13(18)9-6-10(19-2)12(14)11(7-9)20-3/h6-7H,4-5H2,1-3H3,(H,15,17)(H,16,18). The van der Waals surface area contributed by atoms with Crippen LogP contribution in [0.4, 0.5) is 0 Å². The molecule has 0 unspecified atom stereocenters. The Morgan fingerprint density at radius 1 is 1.10 bits per heavy atom.